The lowest BCUT2D eigenvalue weighted by Gasteiger charge is -2.33. The van der Waals surface area contributed by atoms with Crippen LogP contribution in [0, 0.1) is 0 Å². The van der Waals surface area contributed by atoms with E-state index in [2.05, 4.69) is 17.1 Å². The first-order chi connectivity index (χ1) is 9.13. The first-order valence-corrected chi connectivity index (χ1v) is 7.36. The van der Waals surface area contributed by atoms with Crippen LogP contribution in [0.2, 0.25) is 0 Å². The lowest BCUT2D eigenvalue weighted by atomic mass is 9.94. The van der Waals surface area contributed by atoms with Crippen LogP contribution in [0.4, 0.5) is 0 Å². The van der Waals surface area contributed by atoms with E-state index in [-0.39, 0.29) is 12.5 Å². The maximum Gasteiger partial charge on any atom is 0.322 e. The summed E-state index contributed by atoms with van der Waals surface area (Å²) in [5.41, 5.74) is 0. The molecule has 0 radical (unpaired) electrons. The third-order valence-corrected chi connectivity index (χ3v) is 3.78. The largest absolute Gasteiger partial charge is 0.480 e. The molecule has 1 aliphatic rings. The number of carboxylic acid groups (broad SMARTS) is 1. The molecule has 0 bridgehead atoms. The smallest absolute Gasteiger partial charge is 0.322 e. The Balaban J connectivity index is 2.18. The Labute approximate surface area is 115 Å². The fraction of sp³-hybridized carbons (Fsp3) is 0.857. The topological polar surface area (TPSA) is 69.6 Å². The molecule has 2 N–H and O–H groups in total. The van der Waals surface area contributed by atoms with E-state index in [1.54, 1.807) is 0 Å². The standard InChI is InChI=1S/C14H26N2O3/c1-2-16(12-7-4-3-5-8-12)10-6-9-13(17)15-11-14(18)19/h12H,2-11H2,1H3,(H,15,17)(H,18,19). The fourth-order valence-electron chi connectivity index (χ4n) is 2.75. The van der Waals surface area contributed by atoms with Gasteiger partial charge in [0.1, 0.15) is 6.54 Å². The van der Waals surface area contributed by atoms with E-state index in [0.29, 0.717) is 12.5 Å². The Hall–Kier alpha value is -1.10. The lowest BCUT2D eigenvalue weighted by Crippen LogP contribution is -2.38. The van der Waals surface area contributed by atoms with Crippen molar-refractivity contribution in [3.8, 4) is 0 Å². The van der Waals surface area contributed by atoms with Crippen LogP contribution in [0.25, 0.3) is 0 Å². The monoisotopic (exact) mass is 270 g/mol. The van der Waals surface area contributed by atoms with Crippen molar-refractivity contribution >= 4 is 11.9 Å². The first kappa shape index (κ1) is 16.0. The summed E-state index contributed by atoms with van der Waals surface area (Å²) < 4.78 is 0. The van der Waals surface area contributed by atoms with Gasteiger partial charge in [-0.1, -0.05) is 26.2 Å². The Morgan fingerprint density at radius 3 is 2.53 bits per heavy atom. The number of carboxylic acids is 1. The normalized spacial score (nSPS) is 16.5. The number of rotatable bonds is 8. The maximum absolute atomic E-state index is 11.4. The molecule has 1 fully saturated rings. The van der Waals surface area contributed by atoms with Crippen molar-refractivity contribution in [2.24, 2.45) is 0 Å². The highest BCUT2D eigenvalue weighted by molar-refractivity contribution is 5.80. The fourth-order valence-corrected chi connectivity index (χ4v) is 2.75. The van der Waals surface area contributed by atoms with Crippen LogP contribution < -0.4 is 5.32 Å². The molecule has 110 valence electrons. The van der Waals surface area contributed by atoms with Crippen molar-refractivity contribution in [3.05, 3.63) is 0 Å². The average molecular weight is 270 g/mol. The summed E-state index contributed by atoms with van der Waals surface area (Å²) in [5.74, 6) is -1.16. The SMILES string of the molecule is CCN(CCCC(=O)NCC(=O)O)C1CCCCC1. The number of carbonyl (C=O) groups is 2. The van der Waals surface area contributed by atoms with Gasteiger partial charge in [0, 0.05) is 12.5 Å². The minimum absolute atomic E-state index is 0.165. The Morgan fingerprint density at radius 1 is 1.26 bits per heavy atom. The summed E-state index contributed by atoms with van der Waals surface area (Å²) in [5, 5.41) is 10.9. The predicted molar refractivity (Wildman–Crippen MR) is 74.0 cm³/mol. The second-order valence-corrected chi connectivity index (χ2v) is 5.19. The van der Waals surface area contributed by atoms with Crippen LogP contribution in [-0.2, 0) is 9.59 Å². The zero-order valence-corrected chi connectivity index (χ0v) is 11.9. The maximum atomic E-state index is 11.4. The van der Waals surface area contributed by atoms with E-state index < -0.39 is 5.97 Å². The second-order valence-electron chi connectivity index (χ2n) is 5.19. The molecule has 0 heterocycles. The summed E-state index contributed by atoms with van der Waals surface area (Å²) in [6.45, 7) is 3.85. The number of amides is 1. The summed E-state index contributed by atoms with van der Waals surface area (Å²) >= 11 is 0. The van der Waals surface area contributed by atoms with Crippen molar-refractivity contribution in [2.75, 3.05) is 19.6 Å². The number of nitrogens with zero attached hydrogens (tertiary/aromatic N) is 1. The molecule has 0 aliphatic heterocycles. The average Bonchev–Trinajstić information content (AvgIpc) is 2.42. The summed E-state index contributed by atoms with van der Waals surface area (Å²) in [4.78, 5) is 24.2. The molecule has 0 aromatic rings. The summed E-state index contributed by atoms with van der Waals surface area (Å²) in [7, 11) is 0. The third-order valence-electron chi connectivity index (χ3n) is 3.78. The predicted octanol–water partition coefficient (Wildman–Crippen LogP) is 1.62. The van der Waals surface area contributed by atoms with Gasteiger partial charge in [-0.25, -0.2) is 0 Å². The van der Waals surface area contributed by atoms with Gasteiger partial charge in [0.2, 0.25) is 5.91 Å². The Kier molecular flexibility index (Phi) is 7.48. The minimum Gasteiger partial charge on any atom is -0.480 e. The quantitative estimate of drug-likeness (QED) is 0.703. The van der Waals surface area contributed by atoms with Crippen molar-refractivity contribution in [3.63, 3.8) is 0 Å². The number of nitrogens with one attached hydrogen (secondary N) is 1. The van der Waals surface area contributed by atoms with Crippen LogP contribution in [0.3, 0.4) is 0 Å². The highest BCUT2D eigenvalue weighted by Gasteiger charge is 2.19. The molecule has 0 saturated heterocycles. The molecule has 1 saturated carbocycles. The van der Waals surface area contributed by atoms with Gasteiger partial charge in [-0.05, 0) is 32.4 Å². The number of hydrogen-bond acceptors (Lipinski definition) is 3. The molecule has 5 heteroatoms. The van der Waals surface area contributed by atoms with Gasteiger partial charge in [0.25, 0.3) is 0 Å². The molecule has 5 nitrogen and oxygen atoms in total. The lowest BCUT2D eigenvalue weighted by molar-refractivity contribution is -0.137. The molecule has 0 atom stereocenters. The molecule has 0 unspecified atom stereocenters. The highest BCUT2D eigenvalue weighted by atomic mass is 16.4. The number of aliphatic carboxylic acids is 1. The molecule has 0 aromatic carbocycles. The van der Waals surface area contributed by atoms with Crippen LogP contribution in [0.1, 0.15) is 51.9 Å². The second kappa shape index (κ2) is 8.91. The van der Waals surface area contributed by atoms with E-state index in [1.165, 1.54) is 32.1 Å². The third kappa shape index (κ3) is 6.57. The zero-order valence-electron chi connectivity index (χ0n) is 11.9. The molecule has 1 amide bonds. The molecular formula is C14H26N2O3. The van der Waals surface area contributed by atoms with E-state index in [4.69, 9.17) is 5.11 Å². The van der Waals surface area contributed by atoms with Crippen LogP contribution in [-0.4, -0.2) is 47.6 Å². The minimum atomic E-state index is -0.995. The van der Waals surface area contributed by atoms with Gasteiger partial charge in [0.15, 0.2) is 0 Å². The van der Waals surface area contributed by atoms with Crippen LogP contribution in [0.5, 0.6) is 0 Å². The van der Waals surface area contributed by atoms with Gasteiger partial charge >= 0.3 is 5.97 Å². The van der Waals surface area contributed by atoms with Crippen LogP contribution >= 0.6 is 0 Å². The summed E-state index contributed by atoms with van der Waals surface area (Å²) in [6, 6.07) is 0.681. The van der Waals surface area contributed by atoms with E-state index in [1.807, 2.05) is 0 Å². The van der Waals surface area contributed by atoms with Crippen molar-refractivity contribution in [2.45, 2.75) is 57.9 Å². The first-order valence-electron chi connectivity index (χ1n) is 7.36. The van der Waals surface area contributed by atoms with Gasteiger partial charge in [-0.15, -0.1) is 0 Å². The van der Waals surface area contributed by atoms with Crippen molar-refractivity contribution in [1.29, 1.82) is 0 Å². The number of carbonyl (C=O) groups excluding carboxylic acids is 1. The molecule has 1 rings (SSSR count). The van der Waals surface area contributed by atoms with Gasteiger partial charge < -0.3 is 15.3 Å². The molecule has 1 aliphatic carbocycles. The molecule has 19 heavy (non-hydrogen) atoms. The number of hydrogen-bond donors (Lipinski definition) is 2. The zero-order chi connectivity index (χ0) is 14.1. The van der Waals surface area contributed by atoms with E-state index >= 15 is 0 Å². The van der Waals surface area contributed by atoms with Crippen molar-refractivity contribution in [1.82, 2.24) is 10.2 Å². The molecule has 0 spiro atoms. The molecule has 0 aromatic heterocycles. The van der Waals surface area contributed by atoms with E-state index in [0.717, 1.165) is 19.5 Å². The Morgan fingerprint density at radius 2 is 1.95 bits per heavy atom. The summed E-state index contributed by atoms with van der Waals surface area (Å²) in [6.07, 6.45) is 7.76. The van der Waals surface area contributed by atoms with Gasteiger partial charge in [-0.2, -0.15) is 0 Å². The Bertz CT molecular complexity index is 288. The van der Waals surface area contributed by atoms with Crippen molar-refractivity contribution < 1.29 is 14.7 Å². The van der Waals surface area contributed by atoms with Gasteiger partial charge in [-0.3, -0.25) is 9.59 Å². The highest BCUT2D eigenvalue weighted by Crippen LogP contribution is 2.22. The van der Waals surface area contributed by atoms with Crippen LogP contribution in [0.15, 0.2) is 0 Å². The molecular weight excluding hydrogens is 244 g/mol. The van der Waals surface area contributed by atoms with Gasteiger partial charge in [0.05, 0.1) is 0 Å². The van der Waals surface area contributed by atoms with E-state index in [9.17, 15) is 9.59 Å².